The third-order valence-electron chi connectivity index (χ3n) is 3.29. The van der Waals surface area contributed by atoms with Gasteiger partial charge in [-0.15, -0.1) is 0 Å². The fraction of sp³-hybridized carbons (Fsp3) is 0.538. The van der Waals surface area contributed by atoms with Gasteiger partial charge in [-0.1, -0.05) is 19.8 Å². The van der Waals surface area contributed by atoms with Crippen LogP contribution in [0.1, 0.15) is 43.1 Å². The van der Waals surface area contributed by atoms with Gasteiger partial charge in [-0.05, 0) is 30.9 Å². The average Bonchev–Trinajstić information content (AvgIpc) is 2.29. The predicted octanol–water partition coefficient (Wildman–Crippen LogP) is 2.77. The molecule has 0 amide bonds. The number of pyridine rings is 1. The van der Waals surface area contributed by atoms with Gasteiger partial charge in [-0.2, -0.15) is 0 Å². The molecule has 0 spiro atoms. The first-order chi connectivity index (χ1) is 8.15. The van der Waals surface area contributed by atoms with E-state index in [4.69, 9.17) is 5.11 Å². The van der Waals surface area contributed by atoms with Crippen LogP contribution >= 0.6 is 0 Å². The van der Waals surface area contributed by atoms with Crippen molar-refractivity contribution < 1.29 is 9.90 Å². The fourth-order valence-electron chi connectivity index (χ4n) is 2.44. The summed E-state index contributed by atoms with van der Waals surface area (Å²) >= 11 is 0. The second-order valence-corrected chi connectivity index (χ2v) is 4.85. The Hall–Kier alpha value is -1.58. The van der Waals surface area contributed by atoms with E-state index in [1.165, 1.54) is 19.0 Å². The molecule has 1 aromatic heterocycles. The minimum Gasteiger partial charge on any atom is -0.477 e. The van der Waals surface area contributed by atoms with Crippen molar-refractivity contribution in [3.8, 4) is 0 Å². The zero-order chi connectivity index (χ0) is 12.3. The Bertz CT molecular complexity index is 406. The SMILES string of the molecule is CC1CCCC(Nc2ccnc(C(=O)O)c2)C1. The Kier molecular flexibility index (Phi) is 3.61. The van der Waals surface area contributed by atoms with Crippen molar-refractivity contribution >= 4 is 11.7 Å². The summed E-state index contributed by atoms with van der Waals surface area (Å²) < 4.78 is 0. The van der Waals surface area contributed by atoms with Crippen LogP contribution < -0.4 is 5.32 Å². The van der Waals surface area contributed by atoms with Crippen LogP contribution in [-0.4, -0.2) is 22.1 Å². The van der Waals surface area contributed by atoms with Gasteiger partial charge in [0.25, 0.3) is 0 Å². The highest BCUT2D eigenvalue weighted by Gasteiger charge is 2.18. The Morgan fingerprint density at radius 2 is 2.35 bits per heavy atom. The third-order valence-corrected chi connectivity index (χ3v) is 3.29. The molecule has 4 heteroatoms. The number of aromatic carboxylic acids is 1. The summed E-state index contributed by atoms with van der Waals surface area (Å²) in [5, 5.41) is 12.3. The second kappa shape index (κ2) is 5.17. The molecule has 1 aliphatic rings. The van der Waals surface area contributed by atoms with Crippen molar-refractivity contribution in [1.29, 1.82) is 0 Å². The first-order valence-electron chi connectivity index (χ1n) is 6.11. The zero-order valence-corrected chi connectivity index (χ0v) is 10.0. The van der Waals surface area contributed by atoms with Gasteiger partial charge in [0.15, 0.2) is 0 Å². The minimum absolute atomic E-state index is 0.0962. The highest BCUT2D eigenvalue weighted by Crippen LogP contribution is 2.26. The highest BCUT2D eigenvalue weighted by atomic mass is 16.4. The van der Waals surface area contributed by atoms with Crippen molar-refractivity contribution in [2.75, 3.05) is 5.32 Å². The molecule has 2 N–H and O–H groups in total. The molecule has 1 heterocycles. The summed E-state index contributed by atoms with van der Waals surface area (Å²) in [5.74, 6) is -0.229. The summed E-state index contributed by atoms with van der Waals surface area (Å²) in [6.45, 7) is 2.27. The van der Waals surface area contributed by atoms with Crippen LogP contribution in [0.15, 0.2) is 18.3 Å². The largest absolute Gasteiger partial charge is 0.477 e. The monoisotopic (exact) mass is 234 g/mol. The van der Waals surface area contributed by atoms with E-state index in [1.807, 2.05) is 6.07 Å². The molecule has 92 valence electrons. The molecule has 2 rings (SSSR count). The number of carbonyl (C=O) groups is 1. The van der Waals surface area contributed by atoms with E-state index < -0.39 is 5.97 Å². The zero-order valence-electron chi connectivity index (χ0n) is 10.0. The summed E-state index contributed by atoms with van der Waals surface area (Å²) in [6, 6.07) is 3.88. The topological polar surface area (TPSA) is 62.2 Å². The Labute approximate surface area is 101 Å². The molecule has 1 aliphatic carbocycles. The number of nitrogens with zero attached hydrogens (tertiary/aromatic N) is 1. The normalized spacial score (nSPS) is 24.3. The number of nitrogens with one attached hydrogen (secondary N) is 1. The molecule has 0 aromatic carbocycles. The van der Waals surface area contributed by atoms with Gasteiger partial charge in [0.2, 0.25) is 0 Å². The van der Waals surface area contributed by atoms with Crippen molar-refractivity contribution in [3.63, 3.8) is 0 Å². The van der Waals surface area contributed by atoms with E-state index in [0.717, 1.165) is 24.4 Å². The molecule has 0 saturated heterocycles. The fourth-order valence-corrected chi connectivity index (χ4v) is 2.44. The van der Waals surface area contributed by atoms with Crippen LogP contribution in [0.5, 0.6) is 0 Å². The summed E-state index contributed by atoms with van der Waals surface area (Å²) in [6.07, 6.45) is 6.41. The lowest BCUT2D eigenvalue weighted by molar-refractivity contribution is 0.0690. The van der Waals surface area contributed by atoms with E-state index >= 15 is 0 Å². The van der Waals surface area contributed by atoms with Gasteiger partial charge in [-0.25, -0.2) is 9.78 Å². The van der Waals surface area contributed by atoms with Gasteiger partial charge < -0.3 is 10.4 Å². The van der Waals surface area contributed by atoms with E-state index in [0.29, 0.717) is 6.04 Å². The first kappa shape index (κ1) is 11.9. The smallest absolute Gasteiger partial charge is 0.354 e. The van der Waals surface area contributed by atoms with Crippen LogP contribution in [0.4, 0.5) is 5.69 Å². The van der Waals surface area contributed by atoms with Gasteiger partial charge >= 0.3 is 5.97 Å². The highest BCUT2D eigenvalue weighted by molar-refractivity contribution is 5.86. The van der Waals surface area contributed by atoms with Gasteiger partial charge in [0.1, 0.15) is 5.69 Å². The first-order valence-corrected chi connectivity index (χ1v) is 6.11. The van der Waals surface area contributed by atoms with Crippen molar-refractivity contribution in [3.05, 3.63) is 24.0 Å². The number of hydrogen-bond donors (Lipinski definition) is 2. The van der Waals surface area contributed by atoms with E-state index in [2.05, 4.69) is 17.2 Å². The quantitative estimate of drug-likeness (QED) is 0.844. The van der Waals surface area contributed by atoms with Crippen molar-refractivity contribution in [2.45, 2.75) is 38.6 Å². The Balaban J connectivity index is 2.02. The number of carboxylic acids is 1. The van der Waals surface area contributed by atoms with E-state index in [9.17, 15) is 4.79 Å². The maximum absolute atomic E-state index is 10.8. The van der Waals surface area contributed by atoms with E-state index in [-0.39, 0.29) is 5.69 Å². The van der Waals surface area contributed by atoms with Gasteiger partial charge in [-0.3, -0.25) is 0 Å². The number of rotatable bonds is 3. The van der Waals surface area contributed by atoms with Crippen molar-refractivity contribution in [2.24, 2.45) is 5.92 Å². The minimum atomic E-state index is -0.981. The van der Waals surface area contributed by atoms with Crippen LogP contribution in [0.3, 0.4) is 0 Å². The molecule has 0 bridgehead atoms. The van der Waals surface area contributed by atoms with Crippen LogP contribution in [0, 0.1) is 5.92 Å². The molecular weight excluding hydrogens is 216 g/mol. The predicted molar refractivity (Wildman–Crippen MR) is 66.2 cm³/mol. The van der Waals surface area contributed by atoms with Crippen LogP contribution in [0.2, 0.25) is 0 Å². The maximum atomic E-state index is 10.8. The molecule has 1 saturated carbocycles. The molecular formula is C13H18N2O2. The lowest BCUT2D eigenvalue weighted by atomic mass is 9.87. The summed E-state index contributed by atoms with van der Waals surface area (Å²) in [5.41, 5.74) is 0.954. The number of carboxylic acid groups (broad SMARTS) is 1. The standard InChI is InChI=1S/C13H18N2O2/c1-9-3-2-4-10(7-9)15-11-5-6-14-12(8-11)13(16)17/h5-6,8-10H,2-4,7H2,1H3,(H,14,15)(H,16,17). The summed E-state index contributed by atoms with van der Waals surface area (Å²) in [4.78, 5) is 14.6. The van der Waals surface area contributed by atoms with Gasteiger partial charge in [0, 0.05) is 17.9 Å². The number of hydrogen-bond acceptors (Lipinski definition) is 3. The van der Waals surface area contributed by atoms with E-state index in [1.54, 1.807) is 6.07 Å². The number of anilines is 1. The van der Waals surface area contributed by atoms with Crippen molar-refractivity contribution in [1.82, 2.24) is 4.98 Å². The molecule has 0 aliphatic heterocycles. The van der Waals surface area contributed by atoms with Crippen LogP contribution in [0.25, 0.3) is 0 Å². The van der Waals surface area contributed by atoms with Crippen LogP contribution in [-0.2, 0) is 0 Å². The average molecular weight is 234 g/mol. The Morgan fingerprint density at radius 3 is 3.06 bits per heavy atom. The molecule has 17 heavy (non-hydrogen) atoms. The summed E-state index contributed by atoms with van der Waals surface area (Å²) in [7, 11) is 0. The maximum Gasteiger partial charge on any atom is 0.354 e. The molecule has 1 fully saturated rings. The molecule has 1 aromatic rings. The molecule has 2 atom stereocenters. The Morgan fingerprint density at radius 1 is 1.53 bits per heavy atom. The molecule has 2 unspecified atom stereocenters. The molecule has 0 radical (unpaired) electrons. The lowest BCUT2D eigenvalue weighted by Gasteiger charge is -2.28. The molecule has 4 nitrogen and oxygen atoms in total. The number of aromatic nitrogens is 1. The van der Waals surface area contributed by atoms with Gasteiger partial charge in [0.05, 0.1) is 0 Å². The lowest BCUT2D eigenvalue weighted by Crippen LogP contribution is -2.26. The third kappa shape index (κ3) is 3.19. The second-order valence-electron chi connectivity index (χ2n) is 4.85.